The van der Waals surface area contributed by atoms with Crippen LogP contribution in [-0.4, -0.2) is 54.9 Å². The van der Waals surface area contributed by atoms with Crippen LogP contribution in [0.5, 0.6) is 5.75 Å². The van der Waals surface area contributed by atoms with Crippen molar-refractivity contribution in [1.29, 1.82) is 0 Å². The highest BCUT2D eigenvalue weighted by atomic mass is 16.5. The smallest absolute Gasteiger partial charge is 0.322 e. The van der Waals surface area contributed by atoms with E-state index in [0.717, 1.165) is 11.3 Å². The van der Waals surface area contributed by atoms with Crippen LogP contribution in [0.1, 0.15) is 43.4 Å². The van der Waals surface area contributed by atoms with Crippen molar-refractivity contribution in [3.8, 4) is 5.75 Å². The predicted molar refractivity (Wildman–Crippen MR) is 129 cm³/mol. The van der Waals surface area contributed by atoms with Crippen LogP contribution in [0, 0.1) is 0 Å². The number of anilines is 1. The number of likely N-dealkylation sites (N-methyl/N-ethyl adjacent to an activating group) is 1. The van der Waals surface area contributed by atoms with Gasteiger partial charge in [0.15, 0.2) is 0 Å². The minimum atomic E-state index is -0.611. The third kappa shape index (κ3) is 4.48. The first-order chi connectivity index (χ1) is 16.3. The van der Waals surface area contributed by atoms with E-state index in [9.17, 15) is 14.4 Å². The van der Waals surface area contributed by atoms with E-state index < -0.39 is 6.04 Å². The summed E-state index contributed by atoms with van der Waals surface area (Å²) < 4.78 is 5.46. The Morgan fingerprint density at radius 1 is 1.15 bits per heavy atom. The minimum absolute atomic E-state index is 0.155. The lowest BCUT2D eigenvalue weighted by Gasteiger charge is -2.31. The number of nitrogens with one attached hydrogen (secondary N) is 2. The average Bonchev–Trinajstić information content (AvgIpc) is 3.17. The third-order valence-electron chi connectivity index (χ3n) is 6.35. The SMILES string of the molecule is COc1ccccc1[C@H]1NC(=O)N(C)C2=C1C(=O)N(CCC(=O)Nc1ccc(C(C)C)cc1)C2. The van der Waals surface area contributed by atoms with E-state index in [1.165, 1.54) is 10.5 Å². The van der Waals surface area contributed by atoms with Crippen molar-refractivity contribution < 1.29 is 19.1 Å². The molecule has 2 N–H and O–H groups in total. The van der Waals surface area contributed by atoms with Gasteiger partial charge in [-0.3, -0.25) is 14.5 Å². The summed E-state index contributed by atoms with van der Waals surface area (Å²) in [6.45, 7) is 4.77. The zero-order valence-electron chi connectivity index (χ0n) is 19.9. The van der Waals surface area contributed by atoms with E-state index in [1.807, 2.05) is 42.5 Å². The summed E-state index contributed by atoms with van der Waals surface area (Å²) >= 11 is 0. The van der Waals surface area contributed by atoms with Gasteiger partial charge in [0.2, 0.25) is 5.91 Å². The molecule has 0 radical (unpaired) electrons. The predicted octanol–water partition coefficient (Wildman–Crippen LogP) is 3.64. The molecule has 2 aliphatic heterocycles. The largest absolute Gasteiger partial charge is 0.496 e. The summed E-state index contributed by atoms with van der Waals surface area (Å²) in [5.41, 5.74) is 3.81. The molecular weight excluding hydrogens is 432 g/mol. The lowest BCUT2D eigenvalue weighted by Crippen LogP contribution is -2.45. The zero-order chi connectivity index (χ0) is 24.4. The van der Waals surface area contributed by atoms with Crippen LogP contribution >= 0.6 is 0 Å². The lowest BCUT2D eigenvalue weighted by molar-refractivity contribution is -0.126. The van der Waals surface area contributed by atoms with Gasteiger partial charge in [-0.2, -0.15) is 0 Å². The number of nitrogens with zero attached hydrogens (tertiary/aromatic N) is 2. The second kappa shape index (κ2) is 9.59. The molecule has 0 bridgehead atoms. The summed E-state index contributed by atoms with van der Waals surface area (Å²) in [6, 6.07) is 14.2. The number of methoxy groups -OCH3 is 1. The maximum Gasteiger partial charge on any atom is 0.322 e. The quantitative estimate of drug-likeness (QED) is 0.657. The fourth-order valence-electron chi connectivity index (χ4n) is 4.35. The molecule has 4 amide bonds. The average molecular weight is 463 g/mol. The second-order valence-corrected chi connectivity index (χ2v) is 8.85. The molecule has 8 heteroatoms. The van der Waals surface area contributed by atoms with E-state index in [2.05, 4.69) is 24.5 Å². The first-order valence-corrected chi connectivity index (χ1v) is 11.4. The highest BCUT2D eigenvalue weighted by Crippen LogP contribution is 2.38. The van der Waals surface area contributed by atoms with Crippen molar-refractivity contribution in [1.82, 2.24) is 15.1 Å². The molecule has 2 heterocycles. The fraction of sp³-hybridized carbons (Fsp3) is 0.346. The molecule has 1 atom stereocenters. The Morgan fingerprint density at radius 3 is 2.53 bits per heavy atom. The fourth-order valence-corrected chi connectivity index (χ4v) is 4.35. The van der Waals surface area contributed by atoms with Gasteiger partial charge < -0.3 is 20.3 Å². The number of urea groups is 1. The van der Waals surface area contributed by atoms with Crippen LogP contribution in [0.3, 0.4) is 0 Å². The number of hydrogen-bond acceptors (Lipinski definition) is 4. The lowest BCUT2D eigenvalue weighted by atomic mass is 9.95. The first kappa shape index (κ1) is 23.4. The van der Waals surface area contributed by atoms with Gasteiger partial charge in [0, 0.05) is 31.3 Å². The van der Waals surface area contributed by atoms with Gasteiger partial charge in [-0.05, 0) is 29.7 Å². The van der Waals surface area contributed by atoms with Crippen LogP contribution in [0.2, 0.25) is 0 Å². The van der Waals surface area contributed by atoms with Crippen LogP contribution in [0.25, 0.3) is 0 Å². The van der Waals surface area contributed by atoms with Crippen molar-refractivity contribution in [3.05, 3.63) is 70.9 Å². The van der Waals surface area contributed by atoms with Gasteiger partial charge in [0.05, 0.1) is 31.0 Å². The first-order valence-electron chi connectivity index (χ1n) is 11.4. The monoisotopic (exact) mass is 462 g/mol. The molecule has 4 rings (SSSR count). The topological polar surface area (TPSA) is 91.0 Å². The molecule has 0 aromatic heterocycles. The molecule has 8 nitrogen and oxygen atoms in total. The van der Waals surface area contributed by atoms with Crippen molar-refractivity contribution in [2.45, 2.75) is 32.2 Å². The van der Waals surface area contributed by atoms with Gasteiger partial charge in [-0.15, -0.1) is 0 Å². The van der Waals surface area contributed by atoms with Crippen molar-refractivity contribution >= 4 is 23.5 Å². The minimum Gasteiger partial charge on any atom is -0.496 e. The van der Waals surface area contributed by atoms with Crippen molar-refractivity contribution in [2.75, 3.05) is 32.6 Å². The van der Waals surface area contributed by atoms with Crippen LogP contribution < -0.4 is 15.4 Å². The number of para-hydroxylation sites is 1. The molecule has 0 saturated heterocycles. The zero-order valence-corrected chi connectivity index (χ0v) is 19.9. The number of hydrogen-bond donors (Lipinski definition) is 2. The Morgan fingerprint density at radius 2 is 1.85 bits per heavy atom. The summed E-state index contributed by atoms with van der Waals surface area (Å²) in [5, 5.41) is 5.80. The molecule has 2 aromatic carbocycles. The molecule has 0 saturated carbocycles. The summed E-state index contributed by atoms with van der Waals surface area (Å²) in [5.74, 6) is 0.660. The molecule has 34 heavy (non-hydrogen) atoms. The van der Waals surface area contributed by atoms with E-state index in [-0.39, 0.29) is 37.4 Å². The molecule has 0 fully saturated rings. The maximum absolute atomic E-state index is 13.4. The molecule has 2 aliphatic rings. The Kier molecular flexibility index (Phi) is 6.58. The standard InChI is InChI=1S/C26H30N4O4/c1-16(2)17-9-11-18(12-10-17)27-22(31)13-14-30-15-20-23(25(30)32)24(28-26(33)29(20)3)19-7-5-6-8-21(19)34-4/h5-12,16,24H,13-15H2,1-4H3,(H,27,31)(H,28,33)/t24-/m1/s1. The molecule has 2 aromatic rings. The highest BCUT2D eigenvalue weighted by Gasteiger charge is 2.43. The number of carbonyl (C=O) groups is 3. The van der Waals surface area contributed by atoms with E-state index in [4.69, 9.17) is 4.74 Å². The Hall–Kier alpha value is -3.81. The van der Waals surface area contributed by atoms with Gasteiger partial charge in [-0.25, -0.2) is 4.79 Å². The Bertz CT molecular complexity index is 1140. The normalized spacial score (nSPS) is 17.7. The number of benzene rings is 2. The Labute approximate surface area is 199 Å². The van der Waals surface area contributed by atoms with Gasteiger partial charge in [-0.1, -0.05) is 44.2 Å². The van der Waals surface area contributed by atoms with Crippen LogP contribution in [0.15, 0.2) is 59.8 Å². The van der Waals surface area contributed by atoms with E-state index >= 15 is 0 Å². The van der Waals surface area contributed by atoms with Crippen molar-refractivity contribution in [2.24, 2.45) is 0 Å². The molecular formula is C26H30N4O4. The van der Waals surface area contributed by atoms with Crippen LogP contribution in [0.4, 0.5) is 10.5 Å². The second-order valence-electron chi connectivity index (χ2n) is 8.85. The number of amides is 4. The third-order valence-corrected chi connectivity index (χ3v) is 6.35. The molecule has 178 valence electrons. The van der Waals surface area contributed by atoms with Crippen LogP contribution in [-0.2, 0) is 9.59 Å². The molecule has 0 spiro atoms. The molecule has 0 unspecified atom stereocenters. The maximum atomic E-state index is 13.4. The summed E-state index contributed by atoms with van der Waals surface area (Å²) in [4.78, 5) is 41.6. The van der Waals surface area contributed by atoms with Crippen molar-refractivity contribution in [3.63, 3.8) is 0 Å². The Balaban J connectivity index is 1.45. The number of rotatable bonds is 7. The number of carbonyl (C=O) groups excluding carboxylic acids is 3. The summed E-state index contributed by atoms with van der Waals surface area (Å²) in [7, 11) is 3.20. The number of ether oxygens (including phenoxy) is 1. The van der Waals surface area contributed by atoms with E-state index in [1.54, 1.807) is 25.1 Å². The van der Waals surface area contributed by atoms with Gasteiger partial charge in [0.25, 0.3) is 5.91 Å². The van der Waals surface area contributed by atoms with E-state index in [0.29, 0.717) is 22.9 Å². The van der Waals surface area contributed by atoms with Gasteiger partial charge in [0.1, 0.15) is 5.75 Å². The summed E-state index contributed by atoms with van der Waals surface area (Å²) in [6.07, 6.45) is 0.155. The highest BCUT2D eigenvalue weighted by molar-refractivity contribution is 6.02. The van der Waals surface area contributed by atoms with Gasteiger partial charge >= 0.3 is 6.03 Å². The molecule has 0 aliphatic carbocycles.